The number of nitrogens with two attached hydrogens (primary N) is 1. The molecule has 4 N–H and O–H groups in total. The Bertz CT molecular complexity index is 1290. The van der Waals surface area contributed by atoms with Gasteiger partial charge in [0.25, 0.3) is 5.91 Å². The predicted molar refractivity (Wildman–Crippen MR) is 146 cm³/mol. The number of carboxylic acid groups (broad SMARTS) is 1. The third kappa shape index (κ3) is 6.12. The maximum absolute atomic E-state index is 13.1. The highest BCUT2D eigenvalue weighted by atomic mass is 16.5. The third-order valence-electron chi connectivity index (χ3n) is 7.09. The SMILES string of the molecule is Cc1ccc2cc1CN(C)C(=O)c1ccc(cc1)COCCCNc1ccc(c(C)c1N)C2CC(=O)O. The quantitative estimate of drug-likeness (QED) is 0.422. The Morgan fingerprint density at radius 2 is 1.89 bits per heavy atom. The van der Waals surface area contributed by atoms with Crippen LogP contribution in [0.15, 0.2) is 54.6 Å². The molecule has 0 aliphatic carbocycles. The molecule has 4 heterocycles. The molecule has 0 saturated carbocycles. The number of aliphatic carboxylic acids is 1. The summed E-state index contributed by atoms with van der Waals surface area (Å²) in [5.41, 5.74) is 14.3. The number of carboxylic acids is 1. The van der Waals surface area contributed by atoms with E-state index in [1.54, 1.807) is 11.9 Å². The molecule has 0 radical (unpaired) electrons. The van der Waals surface area contributed by atoms with E-state index in [0.29, 0.717) is 37.6 Å². The minimum Gasteiger partial charge on any atom is -0.481 e. The highest BCUT2D eigenvalue weighted by molar-refractivity contribution is 5.94. The number of carbonyl (C=O) groups excluding carboxylic acids is 1. The molecule has 1 atom stereocenters. The Kier molecular flexibility index (Phi) is 8.14. The van der Waals surface area contributed by atoms with Gasteiger partial charge >= 0.3 is 5.97 Å². The molecule has 0 spiro atoms. The summed E-state index contributed by atoms with van der Waals surface area (Å²) in [6, 6.07) is 17.4. The molecule has 0 fully saturated rings. The number of carbonyl (C=O) groups is 2. The first-order valence-electron chi connectivity index (χ1n) is 12.6. The molecule has 1 unspecified atom stereocenters. The number of anilines is 2. The Labute approximate surface area is 218 Å². The maximum Gasteiger partial charge on any atom is 0.304 e. The summed E-state index contributed by atoms with van der Waals surface area (Å²) in [7, 11) is 1.78. The molecule has 194 valence electrons. The van der Waals surface area contributed by atoms with Crippen molar-refractivity contribution >= 4 is 23.3 Å². The Balaban J connectivity index is 1.75. The van der Waals surface area contributed by atoms with Gasteiger partial charge in [-0.3, -0.25) is 9.59 Å². The molecule has 37 heavy (non-hydrogen) atoms. The lowest BCUT2D eigenvalue weighted by Gasteiger charge is -2.24. The normalized spacial score (nSPS) is 16.8. The monoisotopic (exact) mass is 501 g/mol. The van der Waals surface area contributed by atoms with Gasteiger partial charge in [0.15, 0.2) is 0 Å². The van der Waals surface area contributed by atoms with E-state index in [4.69, 9.17) is 10.5 Å². The minimum absolute atomic E-state index is 0.0615. The van der Waals surface area contributed by atoms with E-state index in [1.165, 1.54) is 0 Å². The molecule has 0 saturated heterocycles. The van der Waals surface area contributed by atoms with E-state index in [0.717, 1.165) is 45.5 Å². The summed E-state index contributed by atoms with van der Waals surface area (Å²) in [6.45, 7) is 6.12. The number of ether oxygens (including phenoxy) is 1. The molecular formula is C30H35N3O4. The molecule has 7 heteroatoms. The van der Waals surface area contributed by atoms with Crippen LogP contribution in [0.4, 0.5) is 11.4 Å². The summed E-state index contributed by atoms with van der Waals surface area (Å²) in [5, 5.41) is 13.1. The van der Waals surface area contributed by atoms with Crippen LogP contribution in [0.5, 0.6) is 0 Å². The number of benzene rings is 3. The van der Waals surface area contributed by atoms with Crippen LogP contribution in [0.2, 0.25) is 0 Å². The molecule has 7 rings (SSSR count). The summed E-state index contributed by atoms with van der Waals surface area (Å²) in [6.07, 6.45) is 0.739. The highest BCUT2D eigenvalue weighted by Crippen LogP contribution is 2.36. The molecular weight excluding hydrogens is 466 g/mol. The van der Waals surface area contributed by atoms with Gasteiger partial charge in [-0.05, 0) is 71.8 Å². The lowest BCUT2D eigenvalue weighted by atomic mass is 9.84. The topological polar surface area (TPSA) is 105 Å². The number of nitrogens with zero attached hydrogens (tertiary/aromatic N) is 1. The second-order valence-corrected chi connectivity index (χ2v) is 9.77. The lowest BCUT2D eigenvalue weighted by molar-refractivity contribution is -0.137. The van der Waals surface area contributed by atoms with Gasteiger partial charge in [0, 0.05) is 38.2 Å². The summed E-state index contributed by atoms with van der Waals surface area (Å²) in [4.78, 5) is 26.7. The van der Waals surface area contributed by atoms with Crippen molar-refractivity contribution in [3.8, 4) is 0 Å². The summed E-state index contributed by atoms with van der Waals surface area (Å²) >= 11 is 0. The van der Waals surface area contributed by atoms with Crippen molar-refractivity contribution in [2.75, 3.05) is 31.2 Å². The van der Waals surface area contributed by atoms with Crippen LogP contribution >= 0.6 is 0 Å². The first kappa shape index (κ1) is 26.2. The Morgan fingerprint density at radius 1 is 1.14 bits per heavy atom. The first-order chi connectivity index (χ1) is 17.7. The van der Waals surface area contributed by atoms with Gasteiger partial charge in [0.1, 0.15) is 0 Å². The fourth-order valence-corrected chi connectivity index (χ4v) is 4.82. The Morgan fingerprint density at radius 3 is 2.62 bits per heavy atom. The zero-order valence-corrected chi connectivity index (χ0v) is 21.7. The van der Waals surface area contributed by atoms with Crippen LogP contribution in [-0.4, -0.2) is 42.1 Å². The molecule has 4 aliphatic heterocycles. The number of hydrogen-bond acceptors (Lipinski definition) is 5. The van der Waals surface area contributed by atoms with Gasteiger partial charge in [0.05, 0.1) is 24.4 Å². The van der Waals surface area contributed by atoms with Crippen LogP contribution in [0.1, 0.15) is 62.5 Å². The second kappa shape index (κ2) is 11.5. The largest absolute Gasteiger partial charge is 0.481 e. The zero-order chi connectivity index (χ0) is 26.5. The van der Waals surface area contributed by atoms with Crippen molar-refractivity contribution in [3.63, 3.8) is 0 Å². The first-order valence-corrected chi connectivity index (χ1v) is 12.6. The van der Waals surface area contributed by atoms with Crippen LogP contribution < -0.4 is 11.1 Å². The smallest absolute Gasteiger partial charge is 0.304 e. The van der Waals surface area contributed by atoms with E-state index in [1.807, 2.05) is 68.4 Å². The number of nitrogens with one attached hydrogen (secondary N) is 1. The average Bonchev–Trinajstić information content (AvgIpc) is 2.88. The van der Waals surface area contributed by atoms with E-state index in [9.17, 15) is 14.7 Å². The van der Waals surface area contributed by atoms with Crippen molar-refractivity contribution < 1.29 is 19.4 Å². The van der Waals surface area contributed by atoms with Crippen molar-refractivity contribution in [2.24, 2.45) is 0 Å². The van der Waals surface area contributed by atoms with E-state index in [2.05, 4.69) is 5.32 Å². The van der Waals surface area contributed by atoms with Gasteiger partial charge in [-0.2, -0.15) is 0 Å². The predicted octanol–water partition coefficient (Wildman–Crippen LogP) is 5.10. The van der Waals surface area contributed by atoms with Gasteiger partial charge in [0.2, 0.25) is 0 Å². The van der Waals surface area contributed by atoms with Crippen molar-refractivity contribution in [3.05, 3.63) is 93.5 Å². The minimum atomic E-state index is -0.881. The summed E-state index contributed by atoms with van der Waals surface area (Å²) < 4.78 is 5.81. The van der Waals surface area contributed by atoms with Crippen molar-refractivity contribution in [2.45, 2.75) is 45.8 Å². The Hall–Kier alpha value is -3.84. The standard InChI is InChI=1S/C30H35N3O4/c1-19-5-8-23-15-24(19)17-33(3)30(36)22-9-6-21(7-10-22)18-37-14-4-13-32-27-12-11-25(20(2)29(27)31)26(23)16-28(34)35/h5-12,15,26,32H,4,13-14,16-18,31H2,1-3H3,(H,34,35). The van der Waals surface area contributed by atoms with Crippen molar-refractivity contribution in [1.82, 2.24) is 4.90 Å². The van der Waals surface area contributed by atoms with Crippen LogP contribution in [0, 0.1) is 13.8 Å². The van der Waals surface area contributed by atoms with Gasteiger partial charge in [-0.15, -0.1) is 0 Å². The fourth-order valence-electron chi connectivity index (χ4n) is 4.82. The van der Waals surface area contributed by atoms with Crippen LogP contribution in [-0.2, 0) is 22.7 Å². The highest BCUT2D eigenvalue weighted by Gasteiger charge is 2.23. The summed E-state index contributed by atoms with van der Waals surface area (Å²) in [5.74, 6) is -1.33. The molecule has 1 amide bonds. The number of amides is 1. The lowest BCUT2D eigenvalue weighted by Crippen LogP contribution is -2.26. The van der Waals surface area contributed by atoms with E-state index in [-0.39, 0.29) is 18.2 Å². The average molecular weight is 502 g/mol. The maximum atomic E-state index is 13.1. The number of nitrogen functional groups attached to an aromatic ring is 1. The van der Waals surface area contributed by atoms with Gasteiger partial charge in [-0.1, -0.05) is 36.4 Å². The van der Waals surface area contributed by atoms with Crippen LogP contribution in [0.3, 0.4) is 0 Å². The molecule has 3 aromatic carbocycles. The van der Waals surface area contributed by atoms with E-state index < -0.39 is 5.97 Å². The third-order valence-corrected chi connectivity index (χ3v) is 7.09. The van der Waals surface area contributed by atoms with Gasteiger partial charge < -0.3 is 25.8 Å². The molecule has 3 aromatic rings. The van der Waals surface area contributed by atoms with Gasteiger partial charge in [-0.25, -0.2) is 0 Å². The number of rotatable bonds is 2. The molecule has 6 bridgehead atoms. The van der Waals surface area contributed by atoms with Crippen LogP contribution in [0.25, 0.3) is 0 Å². The fraction of sp³-hybridized carbons (Fsp3) is 0.333. The molecule has 0 aromatic heterocycles. The number of aryl methyl sites for hydroxylation is 1. The van der Waals surface area contributed by atoms with Crippen molar-refractivity contribution in [1.29, 1.82) is 0 Å². The number of hydrogen-bond donors (Lipinski definition) is 3. The molecule has 7 nitrogen and oxygen atoms in total. The zero-order valence-electron chi connectivity index (χ0n) is 21.7. The second-order valence-electron chi connectivity index (χ2n) is 9.77. The molecule has 4 aliphatic rings. The van der Waals surface area contributed by atoms with E-state index >= 15 is 0 Å².